The van der Waals surface area contributed by atoms with Crippen molar-refractivity contribution in [2.24, 2.45) is 4.99 Å². The van der Waals surface area contributed by atoms with E-state index in [1.165, 1.54) is 12.1 Å². The zero-order valence-corrected chi connectivity index (χ0v) is 12.6. The number of esters is 1. The van der Waals surface area contributed by atoms with E-state index in [1.807, 2.05) is 42.5 Å². The number of nitrogens with zero attached hydrogens (tertiary/aromatic N) is 1. The van der Waals surface area contributed by atoms with Gasteiger partial charge in [-0.1, -0.05) is 54.6 Å². The summed E-state index contributed by atoms with van der Waals surface area (Å²) in [6.07, 6.45) is 1.40. The van der Waals surface area contributed by atoms with E-state index in [9.17, 15) is 9.18 Å². The van der Waals surface area contributed by atoms with Gasteiger partial charge in [-0.2, -0.15) is 0 Å². The summed E-state index contributed by atoms with van der Waals surface area (Å²) in [7, 11) is 0. The van der Waals surface area contributed by atoms with Crippen molar-refractivity contribution >= 4 is 28.7 Å². The molecule has 1 heterocycles. The van der Waals surface area contributed by atoms with E-state index in [1.54, 1.807) is 18.2 Å². The highest BCUT2D eigenvalue weighted by Crippen LogP contribution is 2.25. The van der Waals surface area contributed by atoms with Gasteiger partial charge in [0.05, 0.1) is 0 Å². The quantitative estimate of drug-likeness (QED) is 0.521. The van der Waals surface area contributed by atoms with Crippen LogP contribution in [0.5, 0.6) is 0 Å². The summed E-state index contributed by atoms with van der Waals surface area (Å²) in [5, 5.41) is 1.97. The van der Waals surface area contributed by atoms with Gasteiger partial charge in [-0.3, -0.25) is 0 Å². The van der Waals surface area contributed by atoms with E-state index in [0.717, 1.165) is 16.3 Å². The lowest BCUT2D eigenvalue weighted by atomic mass is 10.0. The van der Waals surface area contributed by atoms with E-state index in [0.29, 0.717) is 5.56 Å². The van der Waals surface area contributed by atoms with Gasteiger partial charge in [0.2, 0.25) is 5.90 Å². The average molecular weight is 317 g/mol. The molecule has 3 aromatic rings. The Kier molecular flexibility index (Phi) is 3.43. The molecule has 0 spiro atoms. The molecule has 0 aliphatic carbocycles. The molecule has 0 fully saturated rings. The molecule has 4 heteroatoms. The molecule has 0 bridgehead atoms. The van der Waals surface area contributed by atoms with Crippen molar-refractivity contribution in [2.75, 3.05) is 0 Å². The molecule has 1 aliphatic rings. The number of hydrogen-bond acceptors (Lipinski definition) is 3. The standard InChI is InChI=1S/C20H12FNO2/c21-17-11-4-2-7-14(17)12-18-20(23)24-19(22-18)16-10-5-8-13-6-1-3-9-15(13)16/h1-12H/b18-12-. The minimum atomic E-state index is -0.582. The summed E-state index contributed by atoms with van der Waals surface area (Å²) in [5.41, 5.74) is 1.12. The van der Waals surface area contributed by atoms with Gasteiger partial charge < -0.3 is 4.74 Å². The van der Waals surface area contributed by atoms with Gasteiger partial charge in [0.25, 0.3) is 0 Å². The number of benzene rings is 3. The number of aliphatic imine (C=N–C) groups is 1. The fourth-order valence-electron chi connectivity index (χ4n) is 2.68. The molecule has 116 valence electrons. The van der Waals surface area contributed by atoms with Crippen LogP contribution in [-0.4, -0.2) is 11.9 Å². The van der Waals surface area contributed by atoms with E-state index in [4.69, 9.17) is 4.74 Å². The summed E-state index contributed by atoms with van der Waals surface area (Å²) in [6.45, 7) is 0. The largest absolute Gasteiger partial charge is 0.402 e. The molecular formula is C20H12FNO2. The highest BCUT2D eigenvalue weighted by atomic mass is 19.1. The summed E-state index contributed by atoms with van der Waals surface area (Å²) in [5.74, 6) is -0.757. The first-order chi connectivity index (χ1) is 11.7. The number of halogens is 1. The zero-order chi connectivity index (χ0) is 16.5. The molecule has 3 nitrogen and oxygen atoms in total. The SMILES string of the molecule is O=C1OC(c2cccc3ccccc23)=N/C1=C\c1ccccc1F. The third kappa shape index (κ3) is 2.48. The van der Waals surface area contributed by atoms with Crippen molar-refractivity contribution in [1.29, 1.82) is 0 Å². The Morgan fingerprint density at radius 1 is 0.917 bits per heavy atom. The summed E-state index contributed by atoms with van der Waals surface area (Å²) >= 11 is 0. The number of hydrogen-bond donors (Lipinski definition) is 0. The minimum Gasteiger partial charge on any atom is -0.402 e. The molecule has 0 unspecified atom stereocenters. The van der Waals surface area contributed by atoms with Crippen molar-refractivity contribution in [3.05, 3.63) is 89.4 Å². The smallest absolute Gasteiger partial charge is 0.363 e. The molecule has 24 heavy (non-hydrogen) atoms. The molecule has 0 amide bonds. The Hall–Kier alpha value is -3.27. The van der Waals surface area contributed by atoms with Crippen LogP contribution in [-0.2, 0) is 9.53 Å². The predicted molar refractivity (Wildman–Crippen MR) is 91.0 cm³/mol. The second-order valence-electron chi connectivity index (χ2n) is 5.38. The predicted octanol–water partition coefficient (Wildman–Crippen LogP) is 4.32. The summed E-state index contributed by atoms with van der Waals surface area (Å²) < 4.78 is 19.1. The van der Waals surface area contributed by atoms with Gasteiger partial charge in [-0.15, -0.1) is 0 Å². The van der Waals surface area contributed by atoms with E-state index in [-0.39, 0.29) is 11.6 Å². The van der Waals surface area contributed by atoms with Crippen LogP contribution in [0.2, 0.25) is 0 Å². The third-order valence-corrected chi connectivity index (χ3v) is 3.84. The molecule has 0 saturated heterocycles. The Morgan fingerprint density at radius 2 is 1.67 bits per heavy atom. The average Bonchev–Trinajstić information content (AvgIpc) is 2.97. The molecule has 0 saturated carbocycles. The monoisotopic (exact) mass is 317 g/mol. The molecule has 0 radical (unpaired) electrons. The molecule has 1 aliphatic heterocycles. The lowest BCUT2D eigenvalue weighted by Gasteiger charge is -2.04. The number of ether oxygens (including phenoxy) is 1. The highest BCUT2D eigenvalue weighted by molar-refractivity contribution is 6.17. The molecule has 0 N–H and O–H groups in total. The summed E-state index contributed by atoms with van der Waals surface area (Å²) in [6, 6.07) is 19.7. The summed E-state index contributed by atoms with van der Waals surface area (Å²) in [4.78, 5) is 16.3. The maximum absolute atomic E-state index is 13.8. The normalized spacial score (nSPS) is 15.6. The molecule has 0 aromatic heterocycles. The number of fused-ring (bicyclic) bond motifs is 1. The van der Waals surface area contributed by atoms with Gasteiger partial charge in [0.1, 0.15) is 5.82 Å². The van der Waals surface area contributed by atoms with Gasteiger partial charge >= 0.3 is 5.97 Å². The Labute approximate surface area is 137 Å². The van der Waals surface area contributed by atoms with Crippen LogP contribution >= 0.6 is 0 Å². The van der Waals surface area contributed by atoms with Gasteiger partial charge in [0, 0.05) is 11.1 Å². The minimum absolute atomic E-state index is 0.0861. The first-order valence-corrected chi connectivity index (χ1v) is 7.47. The second-order valence-corrected chi connectivity index (χ2v) is 5.38. The maximum Gasteiger partial charge on any atom is 0.363 e. The molecule has 3 aromatic carbocycles. The van der Waals surface area contributed by atoms with Crippen LogP contribution in [0.15, 0.2) is 77.4 Å². The van der Waals surface area contributed by atoms with Crippen LogP contribution < -0.4 is 0 Å². The zero-order valence-electron chi connectivity index (χ0n) is 12.6. The van der Waals surface area contributed by atoms with Crippen LogP contribution in [0.25, 0.3) is 16.8 Å². The Balaban J connectivity index is 1.80. The second kappa shape index (κ2) is 5.74. The number of carbonyl (C=O) groups excluding carboxylic acids is 1. The maximum atomic E-state index is 13.8. The van der Waals surface area contributed by atoms with Gasteiger partial charge in [-0.05, 0) is 29.0 Å². The lowest BCUT2D eigenvalue weighted by molar-refractivity contribution is -0.129. The highest BCUT2D eigenvalue weighted by Gasteiger charge is 2.25. The van der Waals surface area contributed by atoms with E-state index in [2.05, 4.69) is 4.99 Å². The van der Waals surface area contributed by atoms with Crippen LogP contribution in [0, 0.1) is 5.82 Å². The van der Waals surface area contributed by atoms with Crippen LogP contribution in [0.3, 0.4) is 0 Å². The fraction of sp³-hybridized carbons (Fsp3) is 0. The van der Waals surface area contributed by atoms with Gasteiger partial charge in [0.15, 0.2) is 5.70 Å². The van der Waals surface area contributed by atoms with Crippen molar-refractivity contribution < 1.29 is 13.9 Å². The first kappa shape index (κ1) is 14.3. The fourth-order valence-corrected chi connectivity index (χ4v) is 2.68. The van der Waals surface area contributed by atoms with E-state index < -0.39 is 11.8 Å². The van der Waals surface area contributed by atoms with Crippen LogP contribution in [0.1, 0.15) is 11.1 Å². The molecular weight excluding hydrogens is 305 g/mol. The third-order valence-electron chi connectivity index (χ3n) is 3.84. The topological polar surface area (TPSA) is 38.7 Å². The Bertz CT molecular complexity index is 1020. The van der Waals surface area contributed by atoms with Crippen molar-refractivity contribution in [3.8, 4) is 0 Å². The first-order valence-electron chi connectivity index (χ1n) is 7.47. The van der Waals surface area contributed by atoms with Crippen molar-refractivity contribution in [3.63, 3.8) is 0 Å². The number of cyclic esters (lactones) is 1. The van der Waals surface area contributed by atoms with Gasteiger partial charge in [-0.25, -0.2) is 14.2 Å². The molecule has 4 rings (SSSR count). The lowest BCUT2D eigenvalue weighted by Crippen LogP contribution is -2.05. The van der Waals surface area contributed by atoms with Crippen molar-refractivity contribution in [1.82, 2.24) is 0 Å². The molecule has 0 atom stereocenters. The van der Waals surface area contributed by atoms with Crippen LogP contribution in [0.4, 0.5) is 4.39 Å². The number of rotatable bonds is 2. The number of carbonyl (C=O) groups is 1. The Morgan fingerprint density at radius 3 is 2.54 bits per heavy atom. The van der Waals surface area contributed by atoms with E-state index >= 15 is 0 Å². The van der Waals surface area contributed by atoms with Crippen molar-refractivity contribution in [2.45, 2.75) is 0 Å².